The molecule has 2 heterocycles. The molecular formula is C20H20Cl2N4O2. The van der Waals surface area contributed by atoms with Crippen LogP contribution in [-0.2, 0) is 6.42 Å². The third kappa shape index (κ3) is 3.31. The van der Waals surface area contributed by atoms with Gasteiger partial charge >= 0.3 is 0 Å². The molecule has 28 heavy (non-hydrogen) atoms. The first-order chi connectivity index (χ1) is 13.6. The summed E-state index contributed by atoms with van der Waals surface area (Å²) in [4.78, 5) is 17.0. The molecule has 0 saturated carbocycles. The molecule has 1 aliphatic carbocycles. The Morgan fingerprint density at radius 3 is 3.04 bits per heavy atom. The summed E-state index contributed by atoms with van der Waals surface area (Å²) in [6.07, 6.45) is 6.43. The van der Waals surface area contributed by atoms with Crippen LogP contribution in [0.25, 0.3) is 11.0 Å². The lowest BCUT2D eigenvalue weighted by molar-refractivity contribution is 0.0959. The van der Waals surface area contributed by atoms with Crippen LogP contribution in [0.3, 0.4) is 0 Å². The molecule has 0 radical (unpaired) electrons. The lowest BCUT2D eigenvalue weighted by atomic mass is 9.78. The van der Waals surface area contributed by atoms with Crippen LogP contribution in [0.2, 0.25) is 5.02 Å². The molecule has 0 aliphatic heterocycles. The molecule has 0 saturated heterocycles. The van der Waals surface area contributed by atoms with E-state index in [1.165, 1.54) is 0 Å². The van der Waals surface area contributed by atoms with Gasteiger partial charge in [-0.15, -0.1) is 11.6 Å². The maximum absolute atomic E-state index is 12.5. The van der Waals surface area contributed by atoms with E-state index in [1.54, 1.807) is 13.2 Å². The molecule has 8 heteroatoms. The largest absolute Gasteiger partial charge is 0.490 e. The number of alkyl halides is 1. The molecule has 1 atom stereocenters. The van der Waals surface area contributed by atoms with E-state index in [2.05, 4.69) is 26.6 Å². The van der Waals surface area contributed by atoms with Crippen molar-refractivity contribution in [3.8, 4) is 5.75 Å². The van der Waals surface area contributed by atoms with Crippen molar-refractivity contribution < 1.29 is 9.53 Å². The summed E-state index contributed by atoms with van der Waals surface area (Å²) >= 11 is 12.5. The molecule has 6 nitrogen and oxygen atoms in total. The topological polar surface area (TPSA) is 79.9 Å². The molecule has 3 aromatic rings. The number of hydrogen-bond acceptors (Lipinski definition) is 4. The highest BCUT2D eigenvalue weighted by Gasteiger charge is 2.29. The number of benzene rings is 1. The number of rotatable bonds is 5. The number of carbonyl (C=O) groups excluding carboxylic acids is 1. The Balaban J connectivity index is 1.85. The number of fused-ring (bicyclic) bond motifs is 2. The summed E-state index contributed by atoms with van der Waals surface area (Å²) in [6, 6.07) is 4.00. The first kappa shape index (κ1) is 19.0. The Morgan fingerprint density at radius 1 is 1.39 bits per heavy atom. The van der Waals surface area contributed by atoms with E-state index in [1.807, 2.05) is 12.3 Å². The quantitative estimate of drug-likeness (QED) is 0.612. The van der Waals surface area contributed by atoms with Crippen LogP contribution < -0.4 is 10.1 Å². The molecule has 0 fully saturated rings. The van der Waals surface area contributed by atoms with E-state index in [-0.39, 0.29) is 18.4 Å². The lowest BCUT2D eigenvalue weighted by Crippen LogP contribution is -2.22. The van der Waals surface area contributed by atoms with Crippen LogP contribution in [0.15, 0.2) is 24.5 Å². The molecule has 1 amide bonds. The number of amides is 1. The van der Waals surface area contributed by atoms with Gasteiger partial charge in [0.05, 0.1) is 22.7 Å². The van der Waals surface area contributed by atoms with Crippen molar-refractivity contribution in [2.24, 2.45) is 0 Å². The van der Waals surface area contributed by atoms with Gasteiger partial charge in [0.25, 0.3) is 5.91 Å². The van der Waals surface area contributed by atoms with Gasteiger partial charge in [0.2, 0.25) is 0 Å². The molecule has 2 N–H and O–H groups in total. The van der Waals surface area contributed by atoms with Gasteiger partial charge in [-0.2, -0.15) is 5.10 Å². The molecule has 4 rings (SSSR count). The first-order valence-electron chi connectivity index (χ1n) is 9.19. The molecule has 2 aromatic heterocycles. The molecule has 1 aromatic carbocycles. The Hall–Kier alpha value is -2.31. The van der Waals surface area contributed by atoms with Crippen molar-refractivity contribution >= 4 is 40.1 Å². The van der Waals surface area contributed by atoms with E-state index in [0.717, 1.165) is 47.0 Å². The van der Waals surface area contributed by atoms with Crippen molar-refractivity contribution in [2.45, 2.75) is 25.2 Å². The fourth-order valence-electron chi connectivity index (χ4n) is 3.87. The predicted molar refractivity (Wildman–Crippen MR) is 110 cm³/mol. The van der Waals surface area contributed by atoms with Gasteiger partial charge in [0.1, 0.15) is 6.61 Å². The third-order valence-electron chi connectivity index (χ3n) is 5.16. The Bertz CT molecular complexity index is 1030. The average Bonchev–Trinajstić information content (AvgIpc) is 3.20. The summed E-state index contributed by atoms with van der Waals surface area (Å²) in [5.74, 6) is 0.601. The maximum atomic E-state index is 12.5. The smallest absolute Gasteiger partial charge is 0.254 e. The van der Waals surface area contributed by atoms with Gasteiger partial charge < -0.3 is 10.1 Å². The number of pyridine rings is 1. The monoisotopic (exact) mass is 418 g/mol. The number of aromatic nitrogens is 3. The van der Waals surface area contributed by atoms with Crippen LogP contribution in [-0.4, -0.2) is 40.6 Å². The second-order valence-corrected chi connectivity index (χ2v) is 7.53. The number of hydrogen-bond donors (Lipinski definition) is 2. The average molecular weight is 419 g/mol. The summed E-state index contributed by atoms with van der Waals surface area (Å²) in [6.45, 7) is 0.286. The van der Waals surface area contributed by atoms with Gasteiger partial charge in [0, 0.05) is 24.5 Å². The Labute approximate surface area is 172 Å². The zero-order valence-electron chi connectivity index (χ0n) is 15.4. The molecule has 1 unspecified atom stereocenters. The second-order valence-electron chi connectivity index (χ2n) is 6.77. The fraction of sp³-hybridized carbons (Fsp3) is 0.350. The first-order valence-corrected chi connectivity index (χ1v) is 10.1. The zero-order valence-corrected chi connectivity index (χ0v) is 16.9. The summed E-state index contributed by atoms with van der Waals surface area (Å²) < 4.78 is 5.74. The minimum atomic E-state index is -0.234. The highest BCUT2D eigenvalue weighted by atomic mass is 35.5. The summed E-state index contributed by atoms with van der Waals surface area (Å²) in [7, 11) is 1.59. The van der Waals surface area contributed by atoms with Crippen LogP contribution in [0.4, 0.5) is 0 Å². The number of ether oxygens (including phenoxy) is 1. The van der Waals surface area contributed by atoms with Crippen molar-refractivity contribution in [2.75, 3.05) is 19.5 Å². The Morgan fingerprint density at radius 2 is 2.25 bits per heavy atom. The molecular weight excluding hydrogens is 399 g/mol. The van der Waals surface area contributed by atoms with E-state index in [9.17, 15) is 4.79 Å². The van der Waals surface area contributed by atoms with Crippen molar-refractivity contribution in [3.05, 3.63) is 51.8 Å². The normalized spacial score (nSPS) is 16.0. The molecule has 146 valence electrons. The number of nitrogens with one attached hydrogen (secondary N) is 2. The maximum Gasteiger partial charge on any atom is 0.254 e. The van der Waals surface area contributed by atoms with Gasteiger partial charge in [0.15, 0.2) is 11.4 Å². The van der Waals surface area contributed by atoms with Crippen molar-refractivity contribution in [1.82, 2.24) is 20.5 Å². The Kier molecular flexibility index (Phi) is 5.42. The molecule has 0 bridgehead atoms. The SMILES string of the molecule is CNC(=O)c1cc2c(c(Cl)c1OCCCl)CCCC2c1cnc2[nH]ncc2c1. The second kappa shape index (κ2) is 7.97. The van der Waals surface area contributed by atoms with Crippen LogP contribution in [0.5, 0.6) is 5.75 Å². The highest BCUT2D eigenvalue weighted by molar-refractivity contribution is 6.33. The van der Waals surface area contributed by atoms with Crippen molar-refractivity contribution in [1.29, 1.82) is 0 Å². The van der Waals surface area contributed by atoms with Gasteiger partial charge in [-0.05, 0) is 48.1 Å². The molecule has 1 aliphatic rings. The van der Waals surface area contributed by atoms with E-state index < -0.39 is 0 Å². The third-order valence-corrected chi connectivity index (χ3v) is 5.72. The fourth-order valence-corrected chi connectivity index (χ4v) is 4.31. The van der Waals surface area contributed by atoms with Gasteiger partial charge in [-0.25, -0.2) is 4.98 Å². The number of H-pyrrole nitrogens is 1. The van der Waals surface area contributed by atoms with Crippen molar-refractivity contribution in [3.63, 3.8) is 0 Å². The predicted octanol–water partition coefficient (Wildman–Crippen LogP) is 4.06. The van der Waals surface area contributed by atoms with E-state index >= 15 is 0 Å². The highest BCUT2D eigenvalue weighted by Crippen LogP contribution is 2.44. The zero-order chi connectivity index (χ0) is 19.7. The van der Waals surface area contributed by atoms with Crippen LogP contribution >= 0.6 is 23.2 Å². The number of nitrogens with zero attached hydrogens (tertiary/aromatic N) is 2. The van der Waals surface area contributed by atoms with E-state index in [4.69, 9.17) is 27.9 Å². The van der Waals surface area contributed by atoms with Crippen LogP contribution in [0, 0.1) is 0 Å². The minimum absolute atomic E-state index is 0.110. The standard InChI is InChI=1S/C20H20Cl2N4O2/c1-23-20(27)16-8-15-13(11-7-12-10-25-26-19(12)24-9-11)3-2-4-14(15)17(22)18(16)28-6-5-21/h7-10,13H,2-6H2,1H3,(H,23,27)(H,24,25,26). The summed E-state index contributed by atoms with van der Waals surface area (Å²) in [5, 5.41) is 11.1. The van der Waals surface area contributed by atoms with E-state index in [0.29, 0.717) is 22.2 Å². The summed E-state index contributed by atoms with van der Waals surface area (Å²) in [5.41, 5.74) is 4.36. The van der Waals surface area contributed by atoms with Crippen LogP contribution in [0.1, 0.15) is 45.8 Å². The number of halogens is 2. The van der Waals surface area contributed by atoms with Gasteiger partial charge in [-0.3, -0.25) is 9.89 Å². The minimum Gasteiger partial charge on any atom is -0.490 e. The molecule has 0 spiro atoms. The lowest BCUT2D eigenvalue weighted by Gasteiger charge is -2.28. The van der Waals surface area contributed by atoms with Gasteiger partial charge in [-0.1, -0.05) is 11.6 Å². The number of aromatic amines is 1. The number of carbonyl (C=O) groups is 1.